The number of nitrogens with zero attached hydrogens (tertiary/aromatic N) is 3. The van der Waals surface area contributed by atoms with Crippen molar-refractivity contribution in [2.45, 2.75) is 32.1 Å². The van der Waals surface area contributed by atoms with E-state index in [1.54, 1.807) is 12.3 Å². The summed E-state index contributed by atoms with van der Waals surface area (Å²) in [5.74, 6) is -0.122. The number of unbranched alkanes of at least 4 members (excludes halogenated alkanes) is 1. The van der Waals surface area contributed by atoms with E-state index < -0.39 is 0 Å². The molecule has 1 atom stereocenters. The number of aromatic nitrogens is 3. The Kier molecular flexibility index (Phi) is 5.48. The number of hydrogen-bond acceptors (Lipinski definition) is 6. The van der Waals surface area contributed by atoms with E-state index in [9.17, 15) is 9.90 Å². The maximum absolute atomic E-state index is 13.0. The Hall–Kier alpha value is -3.24. The van der Waals surface area contributed by atoms with Gasteiger partial charge in [-0.3, -0.25) is 14.9 Å². The number of phenolic OH excluding ortho intramolecular Hbond substituents is 1. The average molecular weight is 363 g/mol. The zero-order valence-electron chi connectivity index (χ0n) is 15.1. The molecule has 0 aliphatic rings. The van der Waals surface area contributed by atoms with Crippen molar-refractivity contribution in [3.8, 4) is 23.1 Å². The van der Waals surface area contributed by atoms with E-state index in [-0.39, 0.29) is 28.4 Å². The Balaban J connectivity index is 2.14. The zero-order chi connectivity index (χ0) is 19.4. The molecular weight excluding hydrogens is 342 g/mol. The molecule has 0 aliphatic heterocycles. The fourth-order valence-corrected chi connectivity index (χ4v) is 3.19. The van der Waals surface area contributed by atoms with Crippen molar-refractivity contribution in [2.75, 3.05) is 6.54 Å². The van der Waals surface area contributed by atoms with E-state index in [4.69, 9.17) is 11.0 Å². The second-order valence-electron chi connectivity index (χ2n) is 6.44. The maximum Gasteiger partial charge on any atom is 0.216 e. The standard InChI is InChI=1S/C20H21N5O2/c1-2-3-4-13(11-22)17-18-15(7-8-23-17)20(27)19(25-24-18)14-6-5-12(10-21)9-16(14)26/h5-9,13,26H,2-4,11,22H2,1H3,(H,24,27). The normalized spacial score (nSPS) is 12.0. The first kappa shape index (κ1) is 18.5. The summed E-state index contributed by atoms with van der Waals surface area (Å²) in [5, 5.41) is 26.7. The minimum absolute atomic E-state index is 0.0419. The zero-order valence-corrected chi connectivity index (χ0v) is 15.1. The molecule has 0 bridgehead atoms. The van der Waals surface area contributed by atoms with E-state index >= 15 is 0 Å². The Morgan fingerprint density at radius 3 is 2.85 bits per heavy atom. The van der Waals surface area contributed by atoms with Crippen LogP contribution in [0.3, 0.4) is 0 Å². The second-order valence-corrected chi connectivity index (χ2v) is 6.44. The molecule has 138 valence electrons. The van der Waals surface area contributed by atoms with E-state index in [0.717, 1.165) is 25.0 Å². The molecule has 0 saturated heterocycles. The number of phenols is 1. The third-order valence-electron chi connectivity index (χ3n) is 4.68. The van der Waals surface area contributed by atoms with Crippen LogP contribution in [0.25, 0.3) is 22.2 Å². The van der Waals surface area contributed by atoms with Crippen molar-refractivity contribution in [1.29, 1.82) is 5.26 Å². The number of rotatable bonds is 6. The van der Waals surface area contributed by atoms with Gasteiger partial charge in [-0.1, -0.05) is 19.8 Å². The van der Waals surface area contributed by atoms with Gasteiger partial charge in [-0.05, 0) is 30.7 Å². The van der Waals surface area contributed by atoms with Gasteiger partial charge in [0, 0.05) is 24.2 Å². The highest BCUT2D eigenvalue weighted by molar-refractivity contribution is 5.84. The summed E-state index contributed by atoms with van der Waals surface area (Å²) >= 11 is 0. The van der Waals surface area contributed by atoms with Crippen molar-refractivity contribution >= 4 is 10.9 Å². The number of nitrogens with two attached hydrogens (primary N) is 1. The molecule has 1 aromatic carbocycles. The highest BCUT2D eigenvalue weighted by Crippen LogP contribution is 2.28. The molecule has 27 heavy (non-hydrogen) atoms. The predicted molar refractivity (Wildman–Crippen MR) is 103 cm³/mol. The number of fused-ring (bicyclic) bond motifs is 1. The fourth-order valence-electron chi connectivity index (χ4n) is 3.19. The van der Waals surface area contributed by atoms with Gasteiger partial charge in [-0.2, -0.15) is 10.4 Å². The number of benzene rings is 1. The van der Waals surface area contributed by atoms with Crippen LogP contribution in [-0.2, 0) is 0 Å². The number of aromatic amines is 1. The third-order valence-corrected chi connectivity index (χ3v) is 4.68. The number of hydrogen-bond donors (Lipinski definition) is 3. The summed E-state index contributed by atoms with van der Waals surface area (Å²) in [5.41, 5.74) is 7.62. The van der Waals surface area contributed by atoms with Gasteiger partial charge in [-0.25, -0.2) is 0 Å². The fraction of sp³-hybridized carbons (Fsp3) is 0.300. The van der Waals surface area contributed by atoms with Crippen LogP contribution in [0.4, 0.5) is 0 Å². The molecule has 1 unspecified atom stereocenters. The highest BCUT2D eigenvalue weighted by Gasteiger charge is 2.19. The van der Waals surface area contributed by atoms with Gasteiger partial charge in [0.1, 0.15) is 11.4 Å². The number of nitriles is 1. The second kappa shape index (κ2) is 7.98. The molecule has 0 radical (unpaired) electrons. The van der Waals surface area contributed by atoms with E-state index in [2.05, 4.69) is 22.1 Å². The van der Waals surface area contributed by atoms with Gasteiger partial charge in [0.2, 0.25) is 5.43 Å². The molecule has 7 heteroatoms. The Morgan fingerprint density at radius 2 is 2.19 bits per heavy atom. The van der Waals surface area contributed by atoms with Crippen LogP contribution in [0.1, 0.15) is 43.4 Å². The van der Waals surface area contributed by atoms with E-state index in [0.29, 0.717) is 23.0 Å². The first-order valence-corrected chi connectivity index (χ1v) is 8.91. The van der Waals surface area contributed by atoms with Crippen LogP contribution < -0.4 is 11.2 Å². The first-order valence-electron chi connectivity index (χ1n) is 8.91. The summed E-state index contributed by atoms with van der Waals surface area (Å²) in [7, 11) is 0. The maximum atomic E-state index is 13.0. The monoisotopic (exact) mass is 363 g/mol. The summed E-state index contributed by atoms with van der Waals surface area (Å²) in [6.45, 7) is 2.55. The molecular formula is C20H21N5O2. The highest BCUT2D eigenvalue weighted by atomic mass is 16.3. The summed E-state index contributed by atoms with van der Waals surface area (Å²) in [6, 6.07) is 7.95. The number of aromatic hydroxyl groups is 1. The van der Waals surface area contributed by atoms with Crippen molar-refractivity contribution in [2.24, 2.45) is 5.73 Å². The minimum atomic E-state index is -0.307. The molecule has 3 rings (SSSR count). The molecule has 2 aromatic heterocycles. The van der Waals surface area contributed by atoms with Gasteiger partial charge in [0.15, 0.2) is 0 Å². The lowest BCUT2D eigenvalue weighted by molar-refractivity contribution is 0.477. The molecule has 3 aromatic rings. The smallest absolute Gasteiger partial charge is 0.216 e. The average Bonchev–Trinajstić information content (AvgIpc) is 2.69. The van der Waals surface area contributed by atoms with E-state index in [1.807, 2.05) is 6.07 Å². The van der Waals surface area contributed by atoms with Gasteiger partial charge < -0.3 is 10.8 Å². The van der Waals surface area contributed by atoms with Crippen LogP contribution in [0, 0.1) is 11.3 Å². The van der Waals surface area contributed by atoms with Gasteiger partial charge >= 0.3 is 0 Å². The molecule has 2 heterocycles. The molecule has 0 spiro atoms. The van der Waals surface area contributed by atoms with E-state index in [1.165, 1.54) is 18.2 Å². The summed E-state index contributed by atoms with van der Waals surface area (Å²) < 4.78 is 0. The lowest BCUT2D eigenvalue weighted by atomic mass is 9.96. The van der Waals surface area contributed by atoms with Crippen LogP contribution in [0.2, 0.25) is 0 Å². The SMILES string of the molecule is CCCCC(CN)c1nccc2c(=O)c(-c3ccc(C#N)cc3O)n[nH]c12. The molecule has 0 aliphatic carbocycles. The van der Waals surface area contributed by atoms with Gasteiger partial charge in [0.05, 0.1) is 28.2 Å². The Labute approximate surface area is 156 Å². The third kappa shape index (κ3) is 3.52. The Morgan fingerprint density at radius 1 is 1.37 bits per heavy atom. The summed E-state index contributed by atoms with van der Waals surface area (Å²) in [4.78, 5) is 17.4. The number of pyridine rings is 1. The first-order chi connectivity index (χ1) is 13.1. The number of H-pyrrole nitrogens is 1. The minimum Gasteiger partial charge on any atom is -0.507 e. The number of nitrogens with one attached hydrogen (secondary N) is 1. The van der Waals surface area contributed by atoms with Crippen LogP contribution in [-0.4, -0.2) is 26.8 Å². The predicted octanol–water partition coefficient (Wildman–Crippen LogP) is 2.79. The molecule has 0 saturated carbocycles. The topological polar surface area (TPSA) is 129 Å². The molecule has 4 N–H and O–H groups in total. The van der Waals surface area contributed by atoms with Crippen molar-refractivity contribution in [3.05, 3.63) is 51.9 Å². The summed E-state index contributed by atoms with van der Waals surface area (Å²) in [6.07, 6.45) is 4.57. The van der Waals surface area contributed by atoms with Gasteiger partial charge in [-0.15, -0.1) is 0 Å². The largest absolute Gasteiger partial charge is 0.507 e. The molecule has 7 nitrogen and oxygen atoms in total. The van der Waals surface area contributed by atoms with Crippen molar-refractivity contribution < 1.29 is 5.11 Å². The Bertz CT molecular complexity index is 1070. The van der Waals surface area contributed by atoms with Crippen LogP contribution in [0.15, 0.2) is 35.3 Å². The molecule has 0 amide bonds. The molecule has 0 fully saturated rings. The quantitative estimate of drug-likeness (QED) is 0.617. The van der Waals surface area contributed by atoms with Crippen molar-refractivity contribution in [3.63, 3.8) is 0 Å². The lowest BCUT2D eigenvalue weighted by Crippen LogP contribution is -2.17. The van der Waals surface area contributed by atoms with Crippen molar-refractivity contribution in [1.82, 2.24) is 15.2 Å². The van der Waals surface area contributed by atoms with Crippen LogP contribution in [0.5, 0.6) is 5.75 Å². The lowest BCUT2D eigenvalue weighted by Gasteiger charge is -2.15. The van der Waals surface area contributed by atoms with Gasteiger partial charge in [0.25, 0.3) is 0 Å². The van der Waals surface area contributed by atoms with Crippen LogP contribution >= 0.6 is 0 Å².